The van der Waals surface area contributed by atoms with Crippen LogP contribution in [0.2, 0.25) is 0 Å². The number of hydrogen-bond donors (Lipinski definition) is 0. The molecule has 0 N–H and O–H groups in total. The van der Waals surface area contributed by atoms with Crippen LogP contribution >= 0.6 is 0 Å². The first-order valence-electron chi connectivity index (χ1n) is 13.9. The molecule has 0 saturated heterocycles. The van der Waals surface area contributed by atoms with Crippen molar-refractivity contribution in [3.63, 3.8) is 0 Å². The Hall–Kier alpha value is -4.11. The maximum absolute atomic E-state index is 13.1. The zero-order valence-electron chi connectivity index (χ0n) is 23.7. The zero-order chi connectivity index (χ0) is 29.9. The SMILES string of the molecule is CCCOc1ccc(-c2ccc(OC(F)F)c(/C=C/C(=O)Cc3ccc(S(=O)Cc4cncn4CCC)cc3)c2)cc1. The minimum Gasteiger partial charge on any atom is -0.494 e. The highest BCUT2D eigenvalue weighted by Crippen LogP contribution is 2.30. The van der Waals surface area contributed by atoms with Gasteiger partial charge in [-0.25, -0.2) is 4.98 Å². The normalized spacial score (nSPS) is 12.1. The summed E-state index contributed by atoms with van der Waals surface area (Å²) in [6, 6.07) is 19.5. The molecule has 0 aliphatic carbocycles. The minimum atomic E-state index is -3.00. The van der Waals surface area contributed by atoms with Gasteiger partial charge in [-0.15, -0.1) is 0 Å². The molecule has 1 heterocycles. The van der Waals surface area contributed by atoms with Crippen molar-refractivity contribution in [2.45, 2.75) is 56.9 Å². The summed E-state index contributed by atoms with van der Waals surface area (Å²) in [5.41, 5.74) is 3.68. The summed E-state index contributed by atoms with van der Waals surface area (Å²) in [4.78, 5) is 17.6. The van der Waals surface area contributed by atoms with Crippen LogP contribution in [0.25, 0.3) is 17.2 Å². The van der Waals surface area contributed by atoms with E-state index in [4.69, 9.17) is 9.47 Å². The fraction of sp³-hybridized carbons (Fsp3) is 0.273. The molecule has 4 aromatic rings. The van der Waals surface area contributed by atoms with Crippen LogP contribution in [0.15, 0.2) is 90.2 Å². The third-order valence-corrected chi connectivity index (χ3v) is 7.80. The Bertz CT molecular complexity index is 1520. The summed E-state index contributed by atoms with van der Waals surface area (Å²) in [5.74, 6) is 0.883. The molecule has 0 amide bonds. The predicted octanol–water partition coefficient (Wildman–Crippen LogP) is 7.48. The Morgan fingerprint density at radius 3 is 2.43 bits per heavy atom. The van der Waals surface area contributed by atoms with Crippen molar-refractivity contribution in [2.75, 3.05) is 6.61 Å². The van der Waals surface area contributed by atoms with E-state index in [1.807, 2.05) is 35.8 Å². The monoisotopic (exact) mass is 592 g/mol. The number of carbonyl (C=O) groups excluding carboxylic acids is 1. The number of aryl methyl sites for hydroxylation is 1. The summed E-state index contributed by atoms with van der Waals surface area (Å²) >= 11 is 0. The lowest BCUT2D eigenvalue weighted by molar-refractivity contribution is -0.113. The lowest BCUT2D eigenvalue weighted by atomic mass is 10.0. The summed E-state index contributed by atoms with van der Waals surface area (Å²) in [6.45, 7) is 2.56. The number of ketones is 1. The molecule has 0 bridgehead atoms. The Labute approximate surface area is 247 Å². The number of ether oxygens (including phenoxy) is 2. The van der Waals surface area contributed by atoms with Crippen LogP contribution < -0.4 is 9.47 Å². The third-order valence-electron chi connectivity index (χ3n) is 6.44. The molecule has 1 unspecified atom stereocenters. The number of alkyl halides is 2. The van der Waals surface area contributed by atoms with E-state index in [1.165, 1.54) is 18.2 Å². The number of carbonyl (C=O) groups is 1. The molecule has 0 radical (unpaired) electrons. The maximum Gasteiger partial charge on any atom is 0.387 e. The van der Waals surface area contributed by atoms with Crippen molar-refractivity contribution in [3.05, 3.63) is 102 Å². The van der Waals surface area contributed by atoms with E-state index < -0.39 is 17.4 Å². The molecule has 0 aliphatic heterocycles. The quantitative estimate of drug-likeness (QED) is 0.134. The van der Waals surface area contributed by atoms with Crippen molar-refractivity contribution in [1.29, 1.82) is 0 Å². The van der Waals surface area contributed by atoms with Crippen LogP contribution in [-0.4, -0.2) is 32.8 Å². The Morgan fingerprint density at radius 1 is 1.00 bits per heavy atom. The van der Waals surface area contributed by atoms with Gasteiger partial charge in [0.2, 0.25) is 0 Å². The Morgan fingerprint density at radius 2 is 1.74 bits per heavy atom. The first-order chi connectivity index (χ1) is 20.4. The van der Waals surface area contributed by atoms with Crippen molar-refractivity contribution < 1.29 is 27.3 Å². The van der Waals surface area contributed by atoms with Gasteiger partial charge in [-0.2, -0.15) is 8.78 Å². The Balaban J connectivity index is 1.43. The first kappa shape index (κ1) is 30.8. The molecule has 4 rings (SSSR count). The molecule has 0 saturated carbocycles. The van der Waals surface area contributed by atoms with Crippen LogP contribution in [0, 0.1) is 0 Å². The predicted molar refractivity (Wildman–Crippen MR) is 161 cm³/mol. The van der Waals surface area contributed by atoms with Gasteiger partial charge in [-0.3, -0.25) is 9.00 Å². The third kappa shape index (κ3) is 8.69. The maximum atomic E-state index is 13.1. The van der Waals surface area contributed by atoms with Gasteiger partial charge >= 0.3 is 6.61 Å². The summed E-state index contributed by atoms with van der Waals surface area (Å²) in [6.07, 6.45) is 8.31. The molecule has 42 heavy (non-hydrogen) atoms. The number of benzene rings is 3. The van der Waals surface area contributed by atoms with Gasteiger partial charge in [0.05, 0.1) is 35.2 Å². The second-order valence-corrected chi connectivity index (χ2v) is 11.1. The van der Waals surface area contributed by atoms with Gasteiger partial charge in [0.25, 0.3) is 0 Å². The first-order valence-corrected chi connectivity index (χ1v) is 15.2. The van der Waals surface area contributed by atoms with Crippen molar-refractivity contribution in [2.24, 2.45) is 0 Å². The number of imidazole rings is 1. The lowest BCUT2D eigenvalue weighted by Crippen LogP contribution is -2.05. The number of rotatable bonds is 15. The van der Waals surface area contributed by atoms with Crippen LogP contribution in [0.5, 0.6) is 11.5 Å². The van der Waals surface area contributed by atoms with E-state index in [0.717, 1.165) is 47.5 Å². The number of halogens is 2. The molecule has 6 nitrogen and oxygen atoms in total. The van der Waals surface area contributed by atoms with Crippen LogP contribution in [0.4, 0.5) is 8.78 Å². The van der Waals surface area contributed by atoms with Gasteiger partial charge < -0.3 is 14.0 Å². The molecule has 1 aromatic heterocycles. The Kier molecular flexibility index (Phi) is 11.2. The molecule has 0 aliphatic rings. The molecular formula is C33H34F2N2O4S. The summed E-state index contributed by atoms with van der Waals surface area (Å²) in [7, 11) is -1.25. The second-order valence-electron chi connectivity index (χ2n) is 9.69. The molecule has 9 heteroatoms. The highest BCUT2D eigenvalue weighted by molar-refractivity contribution is 7.84. The largest absolute Gasteiger partial charge is 0.494 e. The molecule has 0 fully saturated rings. The van der Waals surface area contributed by atoms with E-state index in [-0.39, 0.29) is 18.0 Å². The van der Waals surface area contributed by atoms with E-state index in [1.54, 1.807) is 48.9 Å². The van der Waals surface area contributed by atoms with E-state index in [2.05, 4.69) is 11.9 Å². The van der Waals surface area contributed by atoms with E-state index in [0.29, 0.717) is 22.8 Å². The standard InChI is InChI=1S/C33H34F2N2O4S/c1-3-17-37-23-36-21-28(37)22-42(39)31-14-5-24(6-15-31)19-29(38)11-7-27-20-26(10-16-32(27)41-33(34)35)25-8-12-30(13-9-25)40-18-4-2/h5-16,20-21,23,33H,3-4,17-19,22H2,1-2H3/b11-7+. The number of nitrogens with zero attached hydrogens (tertiary/aromatic N) is 2. The lowest BCUT2D eigenvalue weighted by Gasteiger charge is -2.11. The molecule has 1 atom stereocenters. The fourth-order valence-corrected chi connectivity index (χ4v) is 5.47. The number of aromatic nitrogens is 2. The average molecular weight is 593 g/mol. The van der Waals surface area contributed by atoms with Gasteiger partial charge in [0.15, 0.2) is 5.78 Å². The van der Waals surface area contributed by atoms with Crippen LogP contribution in [0.3, 0.4) is 0 Å². The van der Waals surface area contributed by atoms with Crippen LogP contribution in [-0.2, 0) is 34.3 Å². The minimum absolute atomic E-state index is 0.0205. The topological polar surface area (TPSA) is 70.4 Å². The number of hydrogen-bond acceptors (Lipinski definition) is 5. The summed E-state index contributed by atoms with van der Waals surface area (Å²) < 4.78 is 51.3. The van der Waals surface area contributed by atoms with Gasteiger partial charge in [-0.05, 0) is 78.1 Å². The van der Waals surface area contributed by atoms with Gasteiger partial charge in [0, 0.05) is 29.6 Å². The van der Waals surface area contributed by atoms with Crippen molar-refractivity contribution >= 4 is 22.7 Å². The highest BCUT2D eigenvalue weighted by Gasteiger charge is 2.12. The smallest absolute Gasteiger partial charge is 0.387 e. The van der Waals surface area contributed by atoms with Crippen LogP contribution in [0.1, 0.15) is 43.5 Å². The fourth-order valence-electron chi connectivity index (χ4n) is 4.36. The van der Waals surface area contributed by atoms with Gasteiger partial charge in [0.1, 0.15) is 11.5 Å². The summed E-state index contributed by atoms with van der Waals surface area (Å²) in [5, 5.41) is 0. The molecular weight excluding hydrogens is 558 g/mol. The average Bonchev–Trinajstić information content (AvgIpc) is 3.42. The van der Waals surface area contributed by atoms with E-state index >= 15 is 0 Å². The van der Waals surface area contributed by atoms with Crippen molar-refractivity contribution in [3.8, 4) is 22.6 Å². The van der Waals surface area contributed by atoms with Gasteiger partial charge in [-0.1, -0.05) is 44.2 Å². The van der Waals surface area contributed by atoms with E-state index in [9.17, 15) is 17.8 Å². The highest BCUT2D eigenvalue weighted by atomic mass is 32.2. The molecule has 3 aromatic carbocycles. The second kappa shape index (κ2) is 15.2. The number of allylic oxidation sites excluding steroid dienone is 1. The van der Waals surface area contributed by atoms with Crippen molar-refractivity contribution in [1.82, 2.24) is 9.55 Å². The molecule has 220 valence electrons. The molecule has 0 spiro atoms. The zero-order valence-corrected chi connectivity index (χ0v) is 24.5.